The van der Waals surface area contributed by atoms with E-state index in [2.05, 4.69) is 10.6 Å². The van der Waals surface area contributed by atoms with Gasteiger partial charge in [0.2, 0.25) is 11.8 Å². The van der Waals surface area contributed by atoms with E-state index in [1.807, 2.05) is 81.4 Å². The third-order valence-corrected chi connectivity index (χ3v) is 9.46. The lowest BCUT2D eigenvalue weighted by Crippen LogP contribution is -2.59. The molecule has 0 bridgehead atoms. The highest BCUT2D eigenvalue weighted by Gasteiger charge is 2.49. The van der Waals surface area contributed by atoms with Crippen molar-refractivity contribution >= 4 is 35.3 Å². The SMILES string of the molecule is Cc1ccccc1CNC(=O)[C@H]1N(C(=O)[C@@H](O)[C@H](Cc2ccccc2)NC(=O)C(C)CC(=O)c2ccccc2)CSC1(C)C. The van der Waals surface area contributed by atoms with Crippen LogP contribution < -0.4 is 10.6 Å². The molecular formula is C35H41N3O5S. The van der Waals surface area contributed by atoms with E-state index in [9.17, 15) is 24.3 Å². The lowest BCUT2D eigenvalue weighted by Gasteiger charge is -2.33. The summed E-state index contributed by atoms with van der Waals surface area (Å²) in [6, 6.07) is 24.0. The van der Waals surface area contributed by atoms with Gasteiger partial charge in [0.15, 0.2) is 11.9 Å². The molecule has 9 heteroatoms. The van der Waals surface area contributed by atoms with Crippen molar-refractivity contribution in [1.29, 1.82) is 0 Å². The van der Waals surface area contributed by atoms with Gasteiger partial charge in [-0.1, -0.05) is 91.9 Å². The minimum atomic E-state index is -1.61. The summed E-state index contributed by atoms with van der Waals surface area (Å²) >= 11 is 1.46. The molecule has 3 aromatic rings. The van der Waals surface area contributed by atoms with E-state index in [0.29, 0.717) is 12.1 Å². The predicted octanol–water partition coefficient (Wildman–Crippen LogP) is 4.29. The van der Waals surface area contributed by atoms with Gasteiger partial charge in [0, 0.05) is 29.2 Å². The fourth-order valence-corrected chi connectivity index (χ4v) is 6.53. The molecule has 232 valence electrons. The van der Waals surface area contributed by atoms with Crippen LogP contribution in [0.15, 0.2) is 84.9 Å². The number of nitrogens with one attached hydrogen (secondary N) is 2. The maximum absolute atomic E-state index is 13.9. The molecule has 1 fully saturated rings. The van der Waals surface area contributed by atoms with Crippen molar-refractivity contribution in [3.05, 3.63) is 107 Å². The summed E-state index contributed by atoms with van der Waals surface area (Å²) < 4.78 is -0.602. The summed E-state index contributed by atoms with van der Waals surface area (Å²) in [5.41, 5.74) is 3.37. The van der Waals surface area contributed by atoms with Crippen molar-refractivity contribution in [3.63, 3.8) is 0 Å². The Kier molecular flexibility index (Phi) is 11.0. The molecule has 0 spiro atoms. The smallest absolute Gasteiger partial charge is 0.254 e. The highest BCUT2D eigenvalue weighted by Crippen LogP contribution is 2.40. The Labute approximate surface area is 263 Å². The number of Topliss-reactive ketones (excluding diaryl/α,β-unsaturated/α-hetero) is 1. The van der Waals surface area contributed by atoms with Crippen molar-refractivity contribution in [2.45, 2.75) is 70.0 Å². The summed E-state index contributed by atoms with van der Waals surface area (Å²) in [6.07, 6.45) is -1.44. The molecule has 4 atom stereocenters. The maximum atomic E-state index is 13.9. The van der Waals surface area contributed by atoms with Gasteiger partial charge in [0.05, 0.1) is 11.9 Å². The number of carbonyl (C=O) groups excluding carboxylic acids is 4. The lowest BCUT2D eigenvalue weighted by molar-refractivity contribution is -0.148. The molecule has 1 unspecified atom stereocenters. The van der Waals surface area contributed by atoms with Crippen molar-refractivity contribution in [2.24, 2.45) is 5.92 Å². The van der Waals surface area contributed by atoms with Crippen LogP contribution in [0, 0.1) is 12.8 Å². The van der Waals surface area contributed by atoms with E-state index in [1.54, 1.807) is 31.2 Å². The van der Waals surface area contributed by atoms with Crippen LogP contribution in [0.3, 0.4) is 0 Å². The van der Waals surface area contributed by atoms with Crippen molar-refractivity contribution in [2.75, 3.05) is 5.88 Å². The highest BCUT2D eigenvalue weighted by molar-refractivity contribution is 8.00. The Morgan fingerprint density at radius 2 is 1.57 bits per heavy atom. The average Bonchev–Trinajstić information content (AvgIpc) is 3.34. The van der Waals surface area contributed by atoms with Gasteiger partial charge in [-0.05, 0) is 43.9 Å². The summed E-state index contributed by atoms with van der Waals surface area (Å²) in [5.74, 6) is -2.01. The number of aliphatic hydroxyl groups excluding tert-OH is 1. The molecule has 1 aliphatic rings. The standard InChI is InChI=1S/C35H41N3O5S/c1-23-13-11-12-18-27(23)21-36-33(42)31-35(3,4)44-22-38(31)34(43)30(40)28(20-25-14-7-5-8-15-25)37-32(41)24(2)19-29(39)26-16-9-6-10-17-26/h5-18,24,28,30-31,40H,19-22H2,1-4H3,(H,36,42)(H,37,41)/t24?,28-,30-,31+/m0/s1. The minimum Gasteiger partial charge on any atom is -0.381 e. The van der Waals surface area contributed by atoms with Crippen molar-refractivity contribution in [1.82, 2.24) is 15.5 Å². The fraction of sp³-hybridized carbons (Fsp3) is 0.371. The van der Waals surface area contributed by atoms with Gasteiger partial charge in [0.1, 0.15) is 6.04 Å². The second-order valence-corrected chi connectivity index (χ2v) is 13.5. The Morgan fingerprint density at radius 3 is 2.23 bits per heavy atom. The Hall–Kier alpha value is -3.95. The minimum absolute atomic E-state index is 0.0158. The van der Waals surface area contributed by atoms with E-state index < -0.39 is 40.7 Å². The van der Waals surface area contributed by atoms with Gasteiger partial charge in [-0.3, -0.25) is 19.2 Å². The van der Waals surface area contributed by atoms with Gasteiger partial charge >= 0.3 is 0 Å². The first-order chi connectivity index (χ1) is 21.0. The molecule has 1 heterocycles. The number of ketones is 1. The number of thioether (sulfide) groups is 1. The van der Waals surface area contributed by atoms with Gasteiger partial charge in [-0.2, -0.15) is 0 Å². The Bertz CT molecular complexity index is 1460. The fourth-order valence-electron chi connectivity index (χ4n) is 5.39. The Morgan fingerprint density at radius 1 is 0.955 bits per heavy atom. The molecule has 0 radical (unpaired) electrons. The van der Waals surface area contributed by atoms with Gasteiger partial charge < -0.3 is 20.6 Å². The zero-order valence-corrected chi connectivity index (χ0v) is 26.5. The van der Waals surface area contributed by atoms with Crippen LogP contribution in [0.25, 0.3) is 0 Å². The van der Waals surface area contributed by atoms with Crippen LogP contribution in [0.4, 0.5) is 0 Å². The number of benzene rings is 3. The topological polar surface area (TPSA) is 116 Å². The number of nitrogens with zero attached hydrogens (tertiary/aromatic N) is 1. The molecule has 44 heavy (non-hydrogen) atoms. The largest absolute Gasteiger partial charge is 0.381 e. The first-order valence-corrected chi connectivity index (χ1v) is 15.8. The van der Waals surface area contributed by atoms with Crippen LogP contribution in [0.2, 0.25) is 0 Å². The van der Waals surface area contributed by atoms with Crippen LogP contribution in [0.1, 0.15) is 54.2 Å². The molecule has 0 aliphatic carbocycles. The van der Waals surface area contributed by atoms with Crippen LogP contribution in [-0.4, -0.2) is 62.3 Å². The van der Waals surface area contributed by atoms with Crippen molar-refractivity contribution in [3.8, 4) is 0 Å². The zero-order valence-electron chi connectivity index (χ0n) is 25.7. The van der Waals surface area contributed by atoms with E-state index >= 15 is 0 Å². The van der Waals surface area contributed by atoms with Gasteiger partial charge in [0.25, 0.3) is 5.91 Å². The number of hydrogen-bond donors (Lipinski definition) is 3. The molecule has 4 rings (SSSR count). The molecule has 3 aromatic carbocycles. The zero-order chi connectivity index (χ0) is 31.9. The third-order valence-electron chi connectivity index (χ3n) is 8.09. The van der Waals surface area contributed by atoms with E-state index in [4.69, 9.17) is 0 Å². The molecule has 0 aromatic heterocycles. The monoisotopic (exact) mass is 615 g/mol. The summed E-state index contributed by atoms with van der Waals surface area (Å²) in [7, 11) is 0. The molecule has 0 saturated carbocycles. The summed E-state index contributed by atoms with van der Waals surface area (Å²) in [5, 5.41) is 17.3. The quantitative estimate of drug-likeness (QED) is 0.262. The van der Waals surface area contributed by atoms with Crippen molar-refractivity contribution < 1.29 is 24.3 Å². The van der Waals surface area contributed by atoms with Crippen LogP contribution in [-0.2, 0) is 27.3 Å². The highest BCUT2D eigenvalue weighted by atomic mass is 32.2. The molecular weight excluding hydrogens is 574 g/mol. The molecule has 1 saturated heterocycles. The average molecular weight is 616 g/mol. The van der Waals surface area contributed by atoms with E-state index in [1.165, 1.54) is 16.7 Å². The number of aliphatic hydroxyl groups is 1. The van der Waals surface area contributed by atoms with E-state index in [0.717, 1.165) is 16.7 Å². The molecule has 8 nitrogen and oxygen atoms in total. The lowest BCUT2D eigenvalue weighted by atomic mass is 9.95. The van der Waals surface area contributed by atoms with Gasteiger partial charge in [-0.25, -0.2) is 0 Å². The normalized spacial score (nSPS) is 17.8. The van der Waals surface area contributed by atoms with Gasteiger partial charge in [-0.15, -0.1) is 11.8 Å². The number of aryl methyl sites for hydroxylation is 1. The molecule has 3 amide bonds. The second-order valence-electron chi connectivity index (χ2n) is 11.9. The summed E-state index contributed by atoms with van der Waals surface area (Å²) in [4.78, 5) is 54.9. The number of amides is 3. The third kappa shape index (κ3) is 8.15. The Balaban J connectivity index is 1.50. The van der Waals surface area contributed by atoms with E-state index in [-0.39, 0.29) is 30.4 Å². The number of carbonyl (C=O) groups is 4. The summed E-state index contributed by atoms with van der Waals surface area (Å²) in [6.45, 7) is 7.76. The predicted molar refractivity (Wildman–Crippen MR) is 173 cm³/mol. The van der Waals surface area contributed by atoms with Crippen LogP contribution in [0.5, 0.6) is 0 Å². The number of rotatable bonds is 12. The maximum Gasteiger partial charge on any atom is 0.254 e. The molecule has 3 N–H and O–H groups in total. The first-order valence-electron chi connectivity index (χ1n) is 14.8. The van der Waals surface area contributed by atoms with Crippen LogP contribution >= 0.6 is 11.8 Å². The number of hydrogen-bond acceptors (Lipinski definition) is 6. The first kappa shape index (κ1) is 33.0. The molecule has 1 aliphatic heterocycles. The second kappa shape index (κ2) is 14.7.